The molecule has 2 fully saturated rings. The molecule has 0 aliphatic carbocycles. The molecule has 2 aliphatic rings. The number of likely N-dealkylation sites (tertiary alicyclic amines) is 1. The summed E-state index contributed by atoms with van der Waals surface area (Å²) in [5.41, 5.74) is 1.06. The fourth-order valence-electron chi connectivity index (χ4n) is 3.97. The van der Waals surface area contributed by atoms with E-state index < -0.39 is 10.0 Å². The Morgan fingerprint density at radius 1 is 1.11 bits per heavy atom. The first-order valence-corrected chi connectivity index (χ1v) is 12.2. The van der Waals surface area contributed by atoms with E-state index >= 15 is 0 Å². The molecular weight excluding hydrogens is 394 g/mol. The number of nitrogens with one attached hydrogen (secondary N) is 1. The predicted molar refractivity (Wildman–Crippen MR) is 112 cm³/mol. The van der Waals surface area contributed by atoms with Gasteiger partial charge in [0.15, 0.2) is 0 Å². The van der Waals surface area contributed by atoms with Crippen molar-refractivity contribution in [1.29, 1.82) is 0 Å². The number of sulfonamides is 1. The highest BCUT2D eigenvalue weighted by Gasteiger charge is 2.29. The number of hydrogen-bond acceptors (Lipinski definition) is 5. The molecule has 1 aromatic heterocycles. The Bertz CT molecular complexity index is 922. The lowest BCUT2D eigenvalue weighted by Gasteiger charge is -2.27. The Morgan fingerprint density at radius 2 is 1.93 bits per heavy atom. The maximum absolute atomic E-state index is 12.8. The highest BCUT2D eigenvalue weighted by atomic mass is 32.2. The van der Waals surface area contributed by atoms with Crippen molar-refractivity contribution in [1.82, 2.24) is 10.2 Å². The van der Waals surface area contributed by atoms with E-state index in [1.165, 1.54) is 22.0 Å². The van der Waals surface area contributed by atoms with Gasteiger partial charge in [0.2, 0.25) is 10.0 Å². The van der Waals surface area contributed by atoms with Crippen molar-refractivity contribution in [2.45, 2.75) is 25.3 Å². The van der Waals surface area contributed by atoms with Crippen LogP contribution in [0, 0.1) is 0 Å². The van der Waals surface area contributed by atoms with Crippen molar-refractivity contribution < 1.29 is 13.2 Å². The van der Waals surface area contributed by atoms with Crippen molar-refractivity contribution in [3.63, 3.8) is 0 Å². The average molecular weight is 420 g/mol. The molecule has 1 amide bonds. The van der Waals surface area contributed by atoms with E-state index in [1.54, 1.807) is 35.6 Å². The van der Waals surface area contributed by atoms with E-state index in [4.69, 9.17) is 0 Å². The third-order valence-corrected chi connectivity index (χ3v) is 8.25. The molecule has 0 bridgehead atoms. The number of carbonyl (C=O) groups is 1. The van der Waals surface area contributed by atoms with Gasteiger partial charge in [0.05, 0.1) is 17.5 Å². The van der Waals surface area contributed by atoms with E-state index in [0.29, 0.717) is 30.8 Å². The summed E-state index contributed by atoms with van der Waals surface area (Å²) in [6, 6.07) is 11.3. The average Bonchev–Trinajstić information content (AvgIpc) is 3.44. The lowest BCUT2D eigenvalue weighted by molar-refractivity contribution is 0.0938. The van der Waals surface area contributed by atoms with Gasteiger partial charge < -0.3 is 5.32 Å². The summed E-state index contributed by atoms with van der Waals surface area (Å²) >= 11 is 1.72. The molecule has 1 atom stereocenters. The third-order valence-electron chi connectivity index (χ3n) is 5.40. The maximum Gasteiger partial charge on any atom is 0.251 e. The zero-order valence-electron chi connectivity index (χ0n) is 15.7. The highest BCUT2D eigenvalue weighted by Crippen LogP contribution is 2.28. The Kier molecular flexibility index (Phi) is 5.70. The minimum atomic E-state index is -3.25. The minimum Gasteiger partial charge on any atom is -0.350 e. The quantitative estimate of drug-likeness (QED) is 0.782. The molecule has 1 N–H and O–H groups in total. The number of nitrogens with zero attached hydrogens (tertiary/aromatic N) is 2. The number of benzene rings is 1. The molecule has 2 aromatic rings. The molecule has 150 valence electrons. The van der Waals surface area contributed by atoms with Crippen LogP contribution < -0.4 is 9.62 Å². The van der Waals surface area contributed by atoms with Gasteiger partial charge in [-0.1, -0.05) is 12.1 Å². The second-order valence-corrected chi connectivity index (χ2v) is 10.3. The van der Waals surface area contributed by atoms with Gasteiger partial charge in [-0.25, -0.2) is 8.42 Å². The van der Waals surface area contributed by atoms with Crippen LogP contribution in [0.1, 0.15) is 40.5 Å². The van der Waals surface area contributed by atoms with E-state index in [9.17, 15) is 13.2 Å². The molecular formula is C20H25N3O3S2. The summed E-state index contributed by atoms with van der Waals surface area (Å²) in [4.78, 5) is 16.5. The summed E-state index contributed by atoms with van der Waals surface area (Å²) < 4.78 is 25.7. The lowest BCUT2D eigenvalue weighted by Crippen LogP contribution is -2.36. The van der Waals surface area contributed by atoms with Gasteiger partial charge in [-0.3, -0.25) is 14.0 Å². The molecule has 28 heavy (non-hydrogen) atoms. The van der Waals surface area contributed by atoms with E-state index in [0.717, 1.165) is 13.1 Å². The number of hydrogen-bond donors (Lipinski definition) is 1. The minimum absolute atomic E-state index is 0.167. The predicted octanol–water partition coefficient (Wildman–Crippen LogP) is 2.85. The summed E-state index contributed by atoms with van der Waals surface area (Å²) in [6.45, 7) is 3.13. The Hall–Kier alpha value is -1.90. The Balaban J connectivity index is 1.46. The van der Waals surface area contributed by atoms with Gasteiger partial charge in [-0.05, 0) is 62.0 Å². The zero-order valence-corrected chi connectivity index (χ0v) is 17.3. The number of amides is 1. The first kappa shape index (κ1) is 19.4. The summed E-state index contributed by atoms with van der Waals surface area (Å²) in [7, 11) is -3.25. The third kappa shape index (κ3) is 4.09. The van der Waals surface area contributed by atoms with E-state index in [2.05, 4.69) is 21.7 Å². The zero-order chi connectivity index (χ0) is 19.6. The molecule has 0 radical (unpaired) electrons. The van der Waals surface area contributed by atoms with Crippen molar-refractivity contribution >= 4 is 33.0 Å². The monoisotopic (exact) mass is 419 g/mol. The standard InChI is InChI=1S/C20H25N3O3S2/c24-20(16-6-3-7-17(14-16)23-11-5-13-28(23,25)26)21-15-18(19-8-4-12-27-19)22-9-1-2-10-22/h3-4,6-8,12,14,18H,1-2,5,9-11,13,15H2,(H,21,24). The highest BCUT2D eigenvalue weighted by molar-refractivity contribution is 7.93. The van der Waals surface area contributed by atoms with Crippen LogP contribution in [0.4, 0.5) is 5.69 Å². The van der Waals surface area contributed by atoms with E-state index in [1.807, 2.05) is 6.07 Å². The molecule has 3 heterocycles. The van der Waals surface area contributed by atoms with Crippen LogP contribution in [-0.2, 0) is 10.0 Å². The van der Waals surface area contributed by atoms with Crippen molar-refractivity contribution in [3.8, 4) is 0 Å². The van der Waals surface area contributed by atoms with Gasteiger partial charge in [-0.2, -0.15) is 0 Å². The summed E-state index contributed by atoms with van der Waals surface area (Å²) in [6.07, 6.45) is 3.02. The fourth-order valence-corrected chi connectivity index (χ4v) is 6.38. The number of rotatable bonds is 6. The molecule has 1 unspecified atom stereocenters. The smallest absolute Gasteiger partial charge is 0.251 e. The Morgan fingerprint density at radius 3 is 2.61 bits per heavy atom. The van der Waals surface area contributed by atoms with Crippen LogP contribution in [0.25, 0.3) is 0 Å². The number of carbonyl (C=O) groups excluding carboxylic acids is 1. The molecule has 2 aliphatic heterocycles. The lowest BCUT2D eigenvalue weighted by atomic mass is 10.1. The maximum atomic E-state index is 12.8. The van der Waals surface area contributed by atoms with E-state index in [-0.39, 0.29) is 17.7 Å². The fraction of sp³-hybridized carbons (Fsp3) is 0.450. The van der Waals surface area contributed by atoms with Crippen molar-refractivity contribution in [2.75, 3.05) is 36.2 Å². The number of thiophene rings is 1. The first-order valence-electron chi connectivity index (χ1n) is 9.71. The van der Waals surface area contributed by atoms with Crippen LogP contribution in [-0.4, -0.2) is 51.2 Å². The van der Waals surface area contributed by atoms with Crippen LogP contribution in [0.3, 0.4) is 0 Å². The van der Waals surface area contributed by atoms with Crippen LogP contribution in [0.2, 0.25) is 0 Å². The molecule has 1 aromatic carbocycles. The molecule has 8 heteroatoms. The molecule has 0 spiro atoms. The Labute approximate surface area is 170 Å². The molecule has 6 nitrogen and oxygen atoms in total. The largest absolute Gasteiger partial charge is 0.350 e. The van der Waals surface area contributed by atoms with Crippen molar-refractivity contribution in [3.05, 3.63) is 52.2 Å². The van der Waals surface area contributed by atoms with Crippen LogP contribution in [0.5, 0.6) is 0 Å². The second kappa shape index (κ2) is 8.23. The van der Waals surface area contributed by atoms with Gasteiger partial charge in [0.1, 0.15) is 0 Å². The summed E-state index contributed by atoms with van der Waals surface area (Å²) in [5.74, 6) is 0.000996. The van der Waals surface area contributed by atoms with Gasteiger partial charge in [0, 0.05) is 23.5 Å². The van der Waals surface area contributed by atoms with Gasteiger partial charge >= 0.3 is 0 Å². The van der Waals surface area contributed by atoms with Crippen molar-refractivity contribution in [2.24, 2.45) is 0 Å². The van der Waals surface area contributed by atoms with Crippen LogP contribution >= 0.6 is 11.3 Å². The SMILES string of the molecule is O=C(NCC(c1cccs1)N1CCCC1)c1cccc(N2CCCS2(=O)=O)c1. The second-order valence-electron chi connectivity index (χ2n) is 7.28. The normalized spacial score (nSPS) is 20.4. The molecule has 0 saturated carbocycles. The molecule has 2 saturated heterocycles. The first-order chi connectivity index (χ1) is 13.5. The molecule has 4 rings (SSSR count). The topological polar surface area (TPSA) is 69.7 Å². The van der Waals surface area contributed by atoms with Gasteiger partial charge in [0.25, 0.3) is 5.91 Å². The summed E-state index contributed by atoms with van der Waals surface area (Å²) in [5, 5.41) is 5.13. The van der Waals surface area contributed by atoms with Gasteiger partial charge in [-0.15, -0.1) is 11.3 Å². The van der Waals surface area contributed by atoms with Crippen LogP contribution in [0.15, 0.2) is 41.8 Å². The number of anilines is 1.